The molecule has 0 aliphatic rings. The molecule has 3 nitrogen and oxygen atoms in total. The quantitative estimate of drug-likeness (QED) is 0.800. The number of thiophene rings is 1. The van der Waals surface area contributed by atoms with Crippen molar-refractivity contribution in [3.8, 4) is 11.8 Å². The van der Waals surface area contributed by atoms with E-state index in [0.29, 0.717) is 16.2 Å². The molecule has 0 fully saturated rings. The summed E-state index contributed by atoms with van der Waals surface area (Å²) in [6, 6.07) is 11.0. The van der Waals surface area contributed by atoms with Gasteiger partial charge in [0, 0.05) is 4.88 Å². The first-order valence-electron chi connectivity index (χ1n) is 5.83. The normalized spacial score (nSPS) is 9.95. The molecule has 0 unspecified atom stereocenters. The highest BCUT2D eigenvalue weighted by molar-refractivity contribution is 7.14. The fraction of sp³-hybridized carbons (Fsp3) is 0.200. The monoisotopic (exact) mass is 271 g/mol. The Labute approximate surface area is 116 Å². The van der Waals surface area contributed by atoms with Crippen molar-refractivity contribution in [3.05, 3.63) is 51.2 Å². The van der Waals surface area contributed by atoms with Crippen molar-refractivity contribution in [2.24, 2.45) is 0 Å². The number of ether oxygens (including phenoxy) is 1. The fourth-order valence-electron chi connectivity index (χ4n) is 1.62. The van der Waals surface area contributed by atoms with Gasteiger partial charge in [-0.15, -0.1) is 11.3 Å². The molecule has 0 amide bonds. The van der Waals surface area contributed by atoms with Crippen LogP contribution in [0.2, 0.25) is 0 Å². The molecule has 0 aliphatic heterocycles. The van der Waals surface area contributed by atoms with Crippen LogP contribution in [0.5, 0.6) is 5.75 Å². The minimum atomic E-state index is -0.0418. The minimum Gasteiger partial charge on any atom is -0.485 e. The van der Waals surface area contributed by atoms with Crippen LogP contribution in [-0.4, -0.2) is 12.4 Å². The number of hydrogen-bond acceptors (Lipinski definition) is 4. The van der Waals surface area contributed by atoms with E-state index in [9.17, 15) is 4.79 Å². The SMILES string of the molecule is Cc1ccc(C(=O)COc2cc(C#N)ccc2C)s1. The molecular formula is C15H13NO2S. The van der Waals surface area contributed by atoms with Crippen molar-refractivity contribution in [3.63, 3.8) is 0 Å². The van der Waals surface area contributed by atoms with E-state index in [1.165, 1.54) is 11.3 Å². The molecule has 2 aromatic rings. The molecule has 0 N–H and O–H groups in total. The van der Waals surface area contributed by atoms with E-state index in [0.717, 1.165) is 10.4 Å². The van der Waals surface area contributed by atoms with Crippen LogP contribution in [0, 0.1) is 25.2 Å². The lowest BCUT2D eigenvalue weighted by atomic mass is 10.1. The maximum absolute atomic E-state index is 11.9. The zero-order valence-electron chi connectivity index (χ0n) is 10.8. The van der Waals surface area contributed by atoms with Gasteiger partial charge in [0.05, 0.1) is 16.5 Å². The number of ketones is 1. The Morgan fingerprint density at radius 3 is 2.74 bits per heavy atom. The van der Waals surface area contributed by atoms with Crippen LogP contribution in [0.4, 0.5) is 0 Å². The predicted molar refractivity (Wildman–Crippen MR) is 74.8 cm³/mol. The van der Waals surface area contributed by atoms with Crippen LogP contribution >= 0.6 is 11.3 Å². The van der Waals surface area contributed by atoms with Crippen molar-refractivity contribution in [1.82, 2.24) is 0 Å². The van der Waals surface area contributed by atoms with E-state index in [-0.39, 0.29) is 12.4 Å². The Balaban J connectivity index is 2.07. The highest BCUT2D eigenvalue weighted by atomic mass is 32.1. The van der Waals surface area contributed by atoms with Gasteiger partial charge in [-0.25, -0.2) is 0 Å². The Hall–Kier alpha value is -2.12. The first-order valence-corrected chi connectivity index (χ1v) is 6.65. The second-order valence-electron chi connectivity index (χ2n) is 4.21. The fourth-order valence-corrected chi connectivity index (χ4v) is 2.42. The summed E-state index contributed by atoms with van der Waals surface area (Å²) in [6.45, 7) is 3.84. The van der Waals surface area contributed by atoms with E-state index in [1.807, 2.05) is 32.0 Å². The molecule has 1 heterocycles. The van der Waals surface area contributed by atoms with Crippen LogP contribution in [0.15, 0.2) is 30.3 Å². The summed E-state index contributed by atoms with van der Waals surface area (Å²) in [4.78, 5) is 13.7. The van der Waals surface area contributed by atoms with Gasteiger partial charge < -0.3 is 4.74 Å². The van der Waals surface area contributed by atoms with Gasteiger partial charge in [-0.2, -0.15) is 5.26 Å². The van der Waals surface area contributed by atoms with Gasteiger partial charge in [-0.3, -0.25) is 4.79 Å². The summed E-state index contributed by atoms with van der Waals surface area (Å²) in [5.74, 6) is 0.542. The molecule has 19 heavy (non-hydrogen) atoms. The van der Waals surface area contributed by atoms with Gasteiger partial charge >= 0.3 is 0 Å². The van der Waals surface area contributed by atoms with Crippen molar-refractivity contribution in [1.29, 1.82) is 5.26 Å². The molecule has 0 saturated carbocycles. The largest absolute Gasteiger partial charge is 0.485 e. The number of nitrogens with zero attached hydrogens (tertiary/aromatic N) is 1. The highest BCUT2D eigenvalue weighted by Crippen LogP contribution is 2.20. The summed E-state index contributed by atoms with van der Waals surface area (Å²) in [5, 5.41) is 8.84. The van der Waals surface area contributed by atoms with E-state index in [2.05, 4.69) is 6.07 Å². The van der Waals surface area contributed by atoms with Gasteiger partial charge in [0.1, 0.15) is 5.75 Å². The first kappa shape index (κ1) is 13.3. The average molecular weight is 271 g/mol. The Kier molecular flexibility index (Phi) is 3.98. The second kappa shape index (κ2) is 5.68. The third kappa shape index (κ3) is 3.21. The lowest BCUT2D eigenvalue weighted by Gasteiger charge is -2.08. The molecule has 0 radical (unpaired) electrons. The molecule has 1 aromatic carbocycles. The maximum Gasteiger partial charge on any atom is 0.210 e. The molecule has 0 spiro atoms. The molecular weight excluding hydrogens is 258 g/mol. The summed E-state index contributed by atoms with van der Waals surface area (Å²) in [5.41, 5.74) is 1.44. The number of aryl methyl sites for hydroxylation is 2. The number of Topliss-reactive ketones (excluding diaryl/α,β-unsaturated/α-hetero) is 1. The average Bonchev–Trinajstić information content (AvgIpc) is 2.84. The van der Waals surface area contributed by atoms with Gasteiger partial charge in [0.2, 0.25) is 5.78 Å². The highest BCUT2D eigenvalue weighted by Gasteiger charge is 2.10. The van der Waals surface area contributed by atoms with Crippen LogP contribution in [0.25, 0.3) is 0 Å². The maximum atomic E-state index is 11.9. The molecule has 4 heteroatoms. The summed E-state index contributed by atoms with van der Waals surface area (Å²) in [7, 11) is 0. The zero-order valence-corrected chi connectivity index (χ0v) is 11.6. The van der Waals surface area contributed by atoms with Gasteiger partial charge in [-0.1, -0.05) is 6.07 Å². The second-order valence-corrected chi connectivity index (χ2v) is 5.50. The Morgan fingerprint density at radius 1 is 1.32 bits per heavy atom. The number of carbonyl (C=O) groups excluding carboxylic acids is 1. The van der Waals surface area contributed by atoms with E-state index in [4.69, 9.17) is 10.00 Å². The van der Waals surface area contributed by atoms with Gasteiger partial charge in [0.15, 0.2) is 6.61 Å². The standard InChI is InChI=1S/C15H13NO2S/c1-10-3-5-12(8-16)7-14(10)18-9-13(17)15-6-4-11(2)19-15/h3-7H,9H2,1-2H3. The smallest absolute Gasteiger partial charge is 0.210 e. The summed E-state index contributed by atoms with van der Waals surface area (Å²) in [6.07, 6.45) is 0. The van der Waals surface area contributed by atoms with Crippen molar-refractivity contribution in [2.45, 2.75) is 13.8 Å². The van der Waals surface area contributed by atoms with E-state index < -0.39 is 0 Å². The van der Waals surface area contributed by atoms with Crippen LogP contribution in [0.1, 0.15) is 25.7 Å². The number of rotatable bonds is 4. The van der Waals surface area contributed by atoms with Crippen LogP contribution < -0.4 is 4.74 Å². The zero-order chi connectivity index (χ0) is 13.8. The third-order valence-electron chi connectivity index (χ3n) is 2.69. The molecule has 1 aromatic heterocycles. The minimum absolute atomic E-state index is 0.00429. The van der Waals surface area contributed by atoms with Crippen LogP contribution in [-0.2, 0) is 0 Å². The Morgan fingerprint density at radius 2 is 2.11 bits per heavy atom. The van der Waals surface area contributed by atoms with E-state index >= 15 is 0 Å². The Bertz CT molecular complexity index is 652. The lowest BCUT2D eigenvalue weighted by Crippen LogP contribution is -2.10. The first-order chi connectivity index (χ1) is 9.10. The molecule has 0 bridgehead atoms. The van der Waals surface area contributed by atoms with Crippen molar-refractivity contribution < 1.29 is 9.53 Å². The summed E-state index contributed by atoms with van der Waals surface area (Å²) >= 11 is 1.46. The summed E-state index contributed by atoms with van der Waals surface area (Å²) < 4.78 is 5.51. The molecule has 2 rings (SSSR count). The third-order valence-corrected chi connectivity index (χ3v) is 3.73. The topological polar surface area (TPSA) is 50.1 Å². The molecule has 0 atom stereocenters. The van der Waals surface area contributed by atoms with Crippen molar-refractivity contribution in [2.75, 3.05) is 6.61 Å². The number of nitriles is 1. The molecule has 0 aliphatic carbocycles. The number of hydrogen-bond donors (Lipinski definition) is 0. The van der Waals surface area contributed by atoms with E-state index in [1.54, 1.807) is 12.1 Å². The van der Waals surface area contributed by atoms with Crippen molar-refractivity contribution >= 4 is 17.1 Å². The van der Waals surface area contributed by atoms with Gasteiger partial charge in [-0.05, 0) is 43.7 Å². The molecule has 96 valence electrons. The van der Waals surface area contributed by atoms with Gasteiger partial charge in [0.25, 0.3) is 0 Å². The number of carbonyl (C=O) groups is 1. The number of benzene rings is 1. The molecule has 0 saturated heterocycles. The van der Waals surface area contributed by atoms with Crippen LogP contribution in [0.3, 0.4) is 0 Å². The lowest BCUT2D eigenvalue weighted by molar-refractivity contribution is 0.0925. The predicted octanol–water partition coefficient (Wildman–Crippen LogP) is 3.50.